The third-order valence-corrected chi connectivity index (χ3v) is 3.60. The van der Waals surface area contributed by atoms with Crippen LogP contribution in [0.2, 0.25) is 0 Å². The first-order valence-corrected chi connectivity index (χ1v) is 7.27. The van der Waals surface area contributed by atoms with Gasteiger partial charge < -0.3 is 15.1 Å². The van der Waals surface area contributed by atoms with Gasteiger partial charge in [0.05, 0.1) is 11.8 Å². The second-order valence-corrected chi connectivity index (χ2v) is 5.33. The van der Waals surface area contributed by atoms with E-state index in [2.05, 4.69) is 26.8 Å². The molecule has 116 valence electrons. The summed E-state index contributed by atoms with van der Waals surface area (Å²) in [5.41, 5.74) is 2.32. The number of aromatic nitrogens is 3. The van der Waals surface area contributed by atoms with E-state index >= 15 is 0 Å². The fourth-order valence-electron chi connectivity index (χ4n) is 2.37. The number of carbonyl (C=O) groups is 1. The van der Waals surface area contributed by atoms with Crippen molar-refractivity contribution in [3.8, 4) is 11.5 Å². The molecule has 1 aliphatic heterocycles. The largest absolute Gasteiger partial charge is 0.440 e. The van der Waals surface area contributed by atoms with Crippen LogP contribution in [0.4, 0.5) is 0 Å². The van der Waals surface area contributed by atoms with Crippen molar-refractivity contribution in [2.45, 2.75) is 13.3 Å². The number of carbonyl (C=O) groups excluding carboxylic acids is 1. The number of hydrogen-bond donors (Lipinski definition) is 2. The van der Waals surface area contributed by atoms with E-state index in [0.29, 0.717) is 23.9 Å². The van der Waals surface area contributed by atoms with Crippen molar-refractivity contribution < 1.29 is 9.21 Å². The van der Waals surface area contributed by atoms with Crippen LogP contribution in [0.25, 0.3) is 11.5 Å². The van der Waals surface area contributed by atoms with Crippen LogP contribution in [0.5, 0.6) is 0 Å². The smallest absolute Gasteiger partial charge is 0.273 e. The maximum absolute atomic E-state index is 12.3. The molecule has 0 aromatic carbocycles. The highest BCUT2D eigenvalue weighted by molar-refractivity contribution is 5.93. The number of rotatable bonds is 4. The standard InChI is InChI=1S/C15H19N5O2/c1-10-13(14(21)17-7-11-3-5-16-6-4-11)19-15(22-10)12-8-18-20(2)9-12/h3,8-9,16H,4-7H2,1-2H3,(H,17,21). The highest BCUT2D eigenvalue weighted by atomic mass is 16.4. The summed E-state index contributed by atoms with van der Waals surface area (Å²) in [7, 11) is 1.82. The first kappa shape index (κ1) is 14.5. The van der Waals surface area contributed by atoms with Gasteiger partial charge >= 0.3 is 0 Å². The summed E-state index contributed by atoms with van der Waals surface area (Å²) >= 11 is 0. The van der Waals surface area contributed by atoms with E-state index in [0.717, 1.165) is 25.1 Å². The molecule has 3 heterocycles. The Bertz CT molecular complexity index is 713. The van der Waals surface area contributed by atoms with Gasteiger partial charge in [-0.15, -0.1) is 0 Å². The highest BCUT2D eigenvalue weighted by Gasteiger charge is 2.19. The number of aryl methyl sites for hydroxylation is 2. The molecule has 3 rings (SSSR count). The molecule has 0 atom stereocenters. The van der Waals surface area contributed by atoms with Crippen LogP contribution in [0.15, 0.2) is 28.5 Å². The van der Waals surface area contributed by atoms with Crippen molar-refractivity contribution in [2.24, 2.45) is 7.05 Å². The van der Waals surface area contributed by atoms with E-state index in [9.17, 15) is 4.79 Å². The fourth-order valence-corrected chi connectivity index (χ4v) is 2.37. The molecule has 0 saturated heterocycles. The maximum atomic E-state index is 12.3. The van der Waals surface area contributed by atoms with E-state index in [4.69, 9.17) is 4.42 Å². The molecule has 0 bridgehead atoms. The van der Waals surface area contributed by atoms with E-state index in [-0.39, 0.29) is 5.91 Å². The first-order chi connectivity index (χ1) is 10.6. The minimum absolute atomic E-state index is 0.212. The van der Waals surface area contributed by atoms with E-state index in [1.165, 1.54) is 5.57 Å². The molecule has 1 amide bonds. The summed E-state index contributed by atoms with van der Waals surface area (Å²) in [4.78, 5) is 16.6. The van der Waals surface area contributed by atoms with Gasteiger partial charge in [-0.25, -0.2) is 4.98 Å². The zero-order valence-electron chi connectivity index (χ0n) is 12.7. The van der Waals surface area contributed by atoms with Gasteiger partial charge in [0, 0.05) is 26.3 Å². The summed E-state index contributed by atoms with van der Waals surface area (Å²) < 4.78 is 7.24. The van der Waals surface area contributed by atoms with Gasteiger partial charge in [-0.05, 0) is 19.9 Å². The van der Waals surface area contributed by atoms with E-state index in [1.54, 1.807) is 24.0 Å². The summed E-state index contributed by atoms with van der Waals surface area (Å²) in [6.07, 6.45) is 6.53. The predicted octanol–water partition coefficient (Wildman–Crippen LogP) is 1.03. The average Bonchev–Trinajstić information content (AvgIpc) is 3.12. The molecule has 0 aliphatic carbocycles. The molecule has 0 saturated carbocycles. The van der Waals surface area contributed by atoms with E-state index in [1.807, 2.05) is 7.05 Å². The maximum Gasteiger partial charge on any atom is 0.273 e. The molecular weight excluding hydrogens is 282 g/mol. The lowest BCUT2D eigenvalue weighted by atomic mass is 10.1. The Balaban J connectivity index is 1.70. The van der Waals surface area contributed by atoms with Gasteiger partial charge in [-0.2, -0.15) is 5.10 Å². The molecule has 7 nitrogen and oxygen atoms in total. The van der Waals surface area contributed by atoms with E-state index < -0.39 is 0 Å². The van der Waals surface area contributed by atoms with Crippen molar-refractivity contribution in [3.63, 3.8) is 0 Å². The van der Waals surface area contributed by atoms with Gasteiger partial charge in [0.1, 0.15) is 5.76 Å². The van der Waals surface area contributed by atoms with Crippen molar-refractivity contribution in [3.05, 3.63) is 35.5 Å². The number of hydrogen-bond acceptors (Lipinski definition) is 5. The molecule has 0 fully saturated rings. The monoisotopic (exact) mass is 301 g/mol. The number of nitrogens with one attached hydrogen (secondary N) is 2. The lowest BCUT2D eigenvalue weighted by molar-refractivity contribution is 0.0951. The highest BCUT2D eigenvalue weighted by Crippen LogP contribution is 2.21. The number of nitrogens with zero attached hydrogens (tertiary/aromatic N) is 3. The molecule has 0 unspecified atom stereocenters. The topological polar surface area (TPSA) is 85.0 Å². The Morgan fingerprint density at radius 1 is 1.55 bits per heavy atom. The molecule has 7 heteroatoms. The molecule has 2 aromatic heterocycles. The van der Waals surface area contributed by atoms with Gasteiger partial charge in [0.15, 0.2) is 5.69 Å². The molecule has 0 spiro atoms. The minimum atomic E-state index is -0.212. The van der Waals surface area contributed by atoms with Crippen LogP contribution in [0, 0.1) is 6.92 Å². The van der Waals surface area contributed by atoms with Crippen LogP contribution in [0.3, 0.4) is 0 Å². The number of oxazole rings is 1. The Morgan fingerprint density at radius 3 is 3.09 bits per heavy atom. The van der Waals surface area contributed by atoms with Gasteiger partial charge in [-0.3, -0.25) is 9.48 Å². The summed E-state index contributed by atoms with van der Waals surface area (Å²) in [6, 6.07) is 0. The molecule has 2 aromatic rings. The third-order valence-electron chi connectivity index (χ3n) is 3.60. The van der Waals surface area contributed by atoms with Crippen molar-refractivity contribution >= 4 is 5.91 Å². The first-order valence-electron chi connectivity index (χ1n) is 7.27. The van der Waals surface area contributed by atoms with Crippen LogP contribution in [-0.2, 0) is 7.05 Å². The summed E-state index contributed by atoms with van der Waals surface area (Å²) in [6.45, 7) is 4.11. The quantitative estimate of drug-likeness (QED) is 0.824. The number of amides is 1. The van der Waals surface area contributed by atoms with Crippen molar-refractivity contribution in [1.29, 1.82) is 0 Å². The van der Waals surface area contributed by atoms with Crippen molar-refractivity contribution in [2.75, 3.05) is 19.6 Å². The van der Waals surface area contributed by atoms with Crippen LogP contribution in [-0.4, -0.2) is 40.3 Å². The SMILES string of the molecule is Cc1oc(-c2cnn(C)c2)nc1C(=O)NCC1=CCNCC1. The van der Waals surface area contributed by atoms with Crippen molar-refractivity contribution in [1.82, 2.24) is 25.4 Å². The van der Waals surface area contributed by atoms with Crippen LogP contribution < -0.4 is 10.6 Å². The molecule has 2 N–H and O–H groups in total. The fraction of sp³-hybridized carbons (Fsp3) is 0.400. The molecule has 0 radical (unpaired) electrons. The predicted molar refractivity (Wildman–Crippen MR) is 81.3 cm³/mol. The van der Waals surface area contributed by atoms with Gasteiger partial charge in [-0.1, -0.05) is 11.6 Å². The van der Waals surface area contributed by atoms with Gasteiger partial charge in [0.25, 0.3) is 5.91 Å². The normalized spacial score (nSPS) is 14.7. The summed E-state index contributed by atoms with van der Waals surface area (Å²) in [5, 5.41) is 10.2. The van der Waals surface area contributed by atoms with Gasteiger partial charge in [0.2, 0.25) is 5.89 Å². The minimum Gasteiger partial charge on any atom is -0.440 e. The Morgan fingerprint density at radius 2 is 2.41 bits per heavy atom. The molecular formula is C15H19N5O2. The summed E-state index contributed by atoms with van der Waals surface area (Å²) in [5.74, 6) is 0.711. The lowest BCUT2D eigenvalue weighted by Crippen LogP contribution is -2.30. The average molecular weight is 301 g/mol. The second kappa shape index (κ2) is 6.15. The Kier molecular flexibility index (Phi) is 4.06. The van der Waals surface area contributed by atoms with Crippen LogP contribution in [0.1, 0.15) is 22.7 Å². The Labute approximate surface area is 128 Å². The lowest BCUT2D eigenvalue weighted by Gasteiger charge is -2.14. The zero-order chi connectivity index (χ0) is 15.5. The molecule has 1 aliphatic rings. The third kappa shape index (κ3) is 3.09. The molecule has 22 heavy (non-hydrogen) atoms. The van der Waals surface area contributed by atoms with Crippen LogP contribution >= 0.6 is 0 Å². The Hall–Kier alpha value is -2.41. The zero-order valence-corrected chi connectivity index (χ0v) is 12.7. The second-order valence-electron chi connectivity index (χ2n) is 5.33.